The molecular formula is C14H26N2O3. The minimum absolute atomic E-state index is 0.201. The van der Waals surface area contributed by atoms with Gasteiger partial charge in [-0.2, -0.15) is 0 Å². The Morgan fingerprint density at radius 1 is 1.11 bits per heavy atom. The molecule has 19 heavy (non-hydrogen) atoms. The maximum Gasteiger partial charge on any atom is 0.407 e. The molecule has 1 saturated carbocycles. The molecule has 1 aliphatic carbocycles. The van der Waals surface area contributed by atoms with Crippen LogP contribution >= 0.6 is 0 Å². The Kier molecular flexibility index (Phi) is 5.63. The first-order chi connectivity index (χ1) is 8.79. The standard InChI is InChI=1S/C14H26N2O3/c1-14(2,3)19-13(18)16-11-9-7-5-4-6-8-10(11)12(15)17/h10-11H,4-9H2,1-3H3,(H2,15,17)(H,16,18). The van der Waals surface area contributed by atoms with Gasteiger partial charge in [-0.1, -0.05) is 25.7 Å². The average molecular weight is 270 g/mol. The van der Waals surface area contributed by atoms with Gasteiger partial charge in [-0.15, -0.1) is 0 Å². The maximum absolute atomic E-state index is 11.8. The summed E-state index contributed by atoms with van der Waals surface area (Å²) in [5.41, 5.74) is 4.92. The zero-order valence-electron chi connectivity index (χ0n) is 12.2. The van der Waals surface area contributed by atoms with Gasteiger partial charge in [-0.3, -0.25) is 4.79 Å². The second-order valence-corrected chi connectivity index (χ2v) is 6.25. The predicted molar refractivity (Wildman–Crippen MR) is 73.5 cm³/mol. The lowest BCUT2D eigenvalue weighted by atomic mass is 9.86. The van der Waals surface area contributed by atoms with Crippen molar-refractivity contribution in [2.75, 3.05) is 0 Å². The average Bonchev–Trinajstić information content (AvgIpc) is 2.18. The number of nitrogens with two attached hydrogens (primary N) is 1. The smallest absolute Gasteiger partial charge is 0.407 e. The van der Waals surface area contributed by atoms with Crippen molar-refractivity contribution >= 4 is 12.0 Å². The molecule has 0 spiro atoms. The maximum atomic E-state index is 11.8. The van der Waals surface area contributed by atoms with Crippen LogP contribution in [0.5, 0.6) is 0 Å². The van der Waals surface area contributed by atoms with Crippen molar-refractivity contribution in [2.24, 2.45) is 11.7 Å². The SMILES string of the molecule is CC(C)(C)OC(=O)NC1CCCCCCC1C(N)=O. The van der Waals surface area contributed by atoms with E-state index in [1.807, 2.05) is 20.8 Å². The van der Waals surface area contributed by atoms with E-state index in [4.69, 9.17) is 10.5 Å². The Labute approximate surface area is 115 Å². The quantitative estimate of drug-likeness (QED) is 0.808. The fourth-order valence-electron chi connectivity index (χ4n) is 2.46. The molecule has 1 fully saturated rings. The van der Waals surface area contributed by atoms with Crippen LogP contribution in [-0.2, 0) is 9.53 Å². The zero-order valence-corrected chi connectivity index (χ0v) is 12.2. The van der Waals surface area contributed by atoms with Gasteiger partial charge >= 0.3 is 6.09 Å². The van der Waals surface area contributed by atoms with E-state index in [0.29, 0.717) is 0 Å². The van der Waals surface area contributed by atoms with E-state index < -0.39 is 11.7 Å². The molecule has 1 rings (SSSR count). The molecule has 0 heterocycles. The van der Waals surface area contributed by atoms with E-state index in [-0.39, 0.29) is 17.9 Å². The normalized spacial score (nSPS) is 25.0. The van der Waals surface area contributed by atoms with E-state index in [1.54, 1.807) is 0 Å². The molecule has 2 atom stereocenters. The number of rotatable bonds is 2. The highest BCUT2D eigenvalue weighted by Gasteiger charge is 2.29. The van der Waals surface area contributed by atoms with Crippen molar-refractivity contribution in [2.45, 2.75) is 70.9 Å². The van der Waals surface area contributed by atoms with Crippen LogP contribution in [0, 0.1) is 5.92 Å². The van der Waals surface area contributed by atoms with Gasteiger partial charge in [0.15, 0.2) is 0 Å². The molecular weight excluding hydrogens is 244 g/mol. The molecule has 5 heteroatoms. The molecule has 2 amide bonds. The summed E-state index contributed by atoms with van der Waals surface area (Å²) >= 11 is 0. The van der Waals surface area contributed by atoms with Crippen LogP contribution in [0.3, 0.4) is 0 Å². The Balaban J connectivity index is 2.63. The largest absolute Gasteiger partial charge is 0.444 e. The second kappa shape index (κ2) is 6.78. The minimum Gasteiger partial charge on any atom is -0.444 e. The van der Waals surface area contributed by atoms with Crippen molar-refractivity contribution in [3.05, 3.63) is 0 Å². The summed E-state index contributed by atoms with van der Waals surface area (Å²) < 4.78 is 5.24. The van der Waals surface area contributed by atoms with Crippen molar-refractivity contribution in [3.63, 3.8) is 0 Å². The molecule has 0 aliphatic heterocycles. The first-order valence-corrected chi connectivity index (χ1v) is 7.08. The van der Waals surface area contributed by atoms with E-state index in [0.717, 1.165) is 38.5 Å². The van der Waals surface area contributed by atoms with Crippen molar-refractivity contribution in [1.29, 1.82) is 0 Å². The first-order valence-electron chi connectivity index (χ1n) is 7.08. The van der Waals surface area contributed by atoms with Gasteiger partial charge in [0.2, 0.25) is 5.91 Å². The number of alkyl carbamates (subject to hydrolysis) is 1. The molecule has 0 aromatic carbocycles. The van der Waals surface area contributed by atoms with Crippen LogP contribution in [0.2, 0.25) is 0 Å². The number of primary amides is 1. The van der Waals surface area contributed by atoms with Gasteiger partial charge in [0, 0.05) is 6.04 Å². The van der Waals surface area contributed by atoms with E-state index >= 15 is 0 Å². The van der Waals surface area contributed by atoms with Crippen LogP contribution in [0.25, 0.3) is 0 Å². The lowest BCUT2D eigenvalue weighted by Gasteiger charge is -2.29. The van der Waals surface area contributed by atoms with E-state index in [2.05, 4.69) is 5.32 Å². The molecule has 110 valence electrons. The molecule has 0 radical (unpaired) electrons. The molecule has 1 aliphatic rings. The van der Waals surface area contributed by atoms with E-state index in [9.17, 15) is 9.59 Å². The Hall–Kier alpha value is -1.26. The minimum atomic E-state index is -0.534. The van der Waals surface area contributed by atoms with Crippen LogP contribution in [-0.4, -0.2) is 23.6 Å². The Morgan fingerprint density at radius 2 is 1.68 bits per heavy atom. The highest BCUT2D eigenvalue weighted by Crippen LogP contribution is 2.23. The highest BCUT2D eigenvalue weighted by molar-refractivity contribution is 5.78. The first kappa shape index (κ1) is 15.8. The number of amides is 2. The second-order valence-electron chi connectivity index (χ2n) is 6.25. The monoisotopic (exact) mass is 270 g/mol. The summed E-state index contributed by atoms with van der Waals surface area (Å²) in [5.74, 6) is -0.615. The lowest BCUT2D eigenvalue weighted by molar-refractivity contribution is -0.123. The van der Waals surface area contributed by atoms with Crippen LogP contribution in [0.4, 0.5) is 4.79 Å². The number of hydrogen-bond acceptors (Lipinski definition) is 3. The Bertz CT molecular complexity index is 323. The summed E-state index contributed by atoms with van der Waals surface area (Å²) in [4.78, 5) is 23.3. The van der Waals surface area contributed by atoms with Crippen LogP contribution in [0.1, 0.15) is 59.3 Å². The number of carbonyl (C=O) groups excluding carboxylic acids is 2. The van der Waals surface area contributed by atoms with Gasteiger partial charge in [-0.25, -0.2) is 4.79 Å². The van der Waals surface area contributed by atoms with Crippen molar-refractivity contribution in [1.82, 2.24) is 5.32 Å². The van der Waals surface area contributed by atoms with Gasteiger partial charge in [0.05, 0.1) is 5.92 Å². The molecule has 2 unspecified atom stereocenters. The molecule has 0 aromatic heterocycles. The summed E-state index contributed by atoms with van der Waals surface area (Å²) in [6.07, 6.45) is 5.32. The molecule has 0 saturated heterocycles. The van der Waals surface area contributed by atoms with Crippen LogP contribution < -0.4 is 11.1 Å². The summed E-state index contributed by atoms with van der Waals surface area (Å²) in [6.45, 7) is 5.45. The summed E-state index contributed by atoms with van der Waals surface area (Å²) in [6, 6.07) is -0.201. The number of nitrogens with one attached hydrogen (secondary N) is 1. The molecule has 5 nitrogen and oxygen atoms in total. The van der Waals surface area contributed by atoms with Gasteiger partial charge in [-0.05, 0) is 33.6 Å². The zero-order chi connectivity index (χ0) is 14.5. The van der Waals surface area contributed by atoms with Gasteiger partial charge < -0.3 is 15.8 Å². The Morgan fingerprint density at radius 3 is 2.21 bits per heavy atom. The van der Waals surface area contributed by atoms with Gasteiger partial charge in [0.25, 0.3) is 0 Å². The van der Waals surface area contributed by atoms with Crippen LogP contribution in [0.15, 0.2) is 0 Å². The third-order valence-corrected chi connectivity index (χ3v) is 3.33. The number of ether oxygens (including phenoxy) is 1. The fraction of sp³-hybridized carbons (Fsp3) is 0.857. The third-order valence-electron chi connectivity index (χ3n) is 3.33. The van der Waals surface area contributed by atoms with Gasteiger partial charge in [0.1, 0.15) is 5.60 Å². The van der Waals surface area contributed by atoms with Crippen molar-refractivity contribution < 1.29 is 14.3 Å². The number of hydrogen-bond donors (Lipinski definition) is 2. The highest BCUT2D eigenvalue weighted by atomic mass is 16.6. The predicted octanol–water partition coefficient (Wildman–Crippen LogP) is 2.34. The third kappa shape index (κ3) is 5.94. The van der Waals surface area contributed by atoms with E-state index in [1.165, 1.54) is 0 Å². The molecule has 3 N–H and O–H groups in total. The summed E-state index contributed by atoms with van der Waals surface area (Å²) in [5, 5.41) is 2.81. The molecule has 0 aromatic rings. The summed E-state index contributed by atoms with van der Waals surface area (Å²) in [7, 11) is 0. The molecule has 0 bridgehead atoms. The van der Waals surface area contributed by atoms with Crippen molar-refractivity contribution in [3.8, 4) is 0 Å². The lowest BCUT2D eigenvalue weighted by Crippen LogP contribution is -2.47. The fourth-order valence-corrected chi connectivity index (χ4v) is 2.46. The topological polar surface area (TPSA) is 81.4 Å². The number of carbonyl (C=O) groups is 2.